The average Bonchev–Trinajstić information content (AvgIpc) is 3.96. The van der Waals surface area contributed by atoms with Gasteiger partial charge in [-0.2, -0.15) is 0 Å². The number of ether oxygens (including phenoxy) is 2. The SMILES string of the molecule is COC(=O)N1CC(F)(F)CC1(C)C(=O)N[C@H](c1nc2ccc(-c3cnc(-c4ccc5nc([C@@H](NC(=O)C6(C)CC(F)(F)CN6C(=O)OC)C(C)(C)C)[nH]c5c4)cn3)cc2[nH]1)C(C)(C)C. The summed E-state index contributed by atoms with van der Waals surface area (Å²) >= 11 is 0. The van der Waals surface area contributed by atoms with Crippen molar-refractivity contribution in [2.45, 2.75) is 103 Å². The van der Waals surface area contributed by atoms with Crippen LogP contribution in [0.1, 0.15) is 92.0 Å². The molecule has 3 aromatic heterocycles. The lowest BCUT2D eigenvalue weighted by molar-refractivity contribution is -0.133. The molecule has 16 nitrogen and oxygen atoms in total. The molecule has 20 heteroatoms. The van der Waals surface area contributed by atoms with E-state index < -0.39 is 95.8 Å². The second kappa shape index (κ2) is 15.7. The minimum atomic E-state index is -3.29. The molecular formula is C44H52F4N10O6. The molecule has 4 N–H and O–H groups in total. The van der Waals surface area contributed by atoms with Crippen LogP contribution < -0.4 is 10.6 Å². The van der Waals surface area contributed by atoms with Crippen LogP contribution in [0, 0.1) is 10.8 Å². The van der Waals surface area contributed by atoms with Crippen molar-refractivity contribution in [1.29, 1.82) is 0 Å². The van der Waals surface area contributed by atoms with Gasteiger partial charge in [0, 0.05) is 24.0 Å². The number of methoxy groups -OCH3 is 2. The van der Waals surface area contributed by atoms with E-state index in [-0.39, 0.29) is 0 Å². The number of hydrogen-bond acceptors (Lipinski definition) is 10. The maximum Gasteiger partial charge on any atom is 0.410 e. The molecule has 7 rings (SSSR count). The molecule has 342 valence electrons. The molecule has 0 spiro atoms. The Morgan fingerprint density at radius 2 is 1.02 bits per heavy atom. The summed E-state index contributed by atoms with van der Waals surface area (Å²) in [7, 11) is 2.15. The number of alkyl halides is 4. The molecule has 0 radical (unpaired) electrons. The summed E-state index contributed by atoms with van der Waals surface area (Å²) in [5.74, 6) is -7.33. The molecular weight excluding hydrogens is 841 g/mol. The Morgan fingerprint density at radius 1 is 0.656 bits per heavy atom. The Kier molecular flexibility index (Phi) is 11.2. The summed E-state index contributed by atoms with van der Waals surface area (Å²) in [5, 5.41) is 5.77. The van der Waals surface area contributed by atoms with Crippen LogP contribution in [0.15, 0.2) is 48.8 Å². The number of nitrogens with zero attached hydrogens (tertiary/aromatic N) is 6. The number of carbonyl (C=O) groups excluding carboxylic acids is 4. The second-order valence-electron chi connectivity index (χ2n) is 19.3. The first-order chi connectivity index (χ1) is 29.7. The monoisotopic (exact) mass is 892 g/mol. The molecule has 5 aromatic rings. The number of halogens is 4. The van der Waals surface area contributed by atoms with Gasteiger partial charge in [0.1, 0.15) is 22.7 Å². The molecule has 4 atom stereocenters. The zero-order chi connectivity index (χ0) is 46.9. The van der Waals surface area contributed by atoms with Crippen molar-refractivity contribution in [1.82, 2.24) is 50.3 Å². The van der Waals surface area contributed by atoms with Crippen molar-refractivity contribution in [2.75, 3.05) is 27.3 Å². The van der Waals surface area contributed by atoms with E-state index in [1.807, 2.05) is 65.8 Å². The van der Waals surface area contributed by atoms with E-state index in [1.165, 1.54) is 13.8 Å². The molecule has 0 bridgehead atoms. The standard InChI is InChI=1S/C44H52F4N10O6/c1-39(2,3)31(55-35(59)41(7)19-43(45,46)21-57(41)37(61)63-9)33-51-25-13-11-23(15-27(25)53-33)29-17-50-30(18-49-29)24-12-14-26-28(16-24)54-34(52-26)32(40(4,5)6)56-36(60)42(8)20-44(47,48)22-58(42)38(62)64-10/h11-18,31-32H,19-22H2,1-10H3,(H,51,53)(H,52,54)(H,55,59)(H,56,60)/t31-,32-,41?,42?/m1/s1. The first kappa shape index (κ1) is 45.7. The van der Waals surface area contributed by atoms with Crippen molar-refractivity contribution in [3.8, 4) is 22.5 Å². The molecule has 4 amide bonds. The van der Waals surface area contributed by atoms with Crippen LogP contribution in [0.2, 0.25) is 0 Å². The van der Waals surface area contributed by atoms with Crippen LogP contribution in [0.3, 0.4) is 0 Å². The van der Waals surface area contributed by atoms with Crippen LogP contribution in [-0.2, 0) is 19.1 Å². The number of benzene rings is 2. The predicted octanol–water partition coefficient (Wildman–Crippen LogP) is 7.70. The van der Waals surface area contributed by atoms with Gasteiger partial charge in [-0.05, 0) is 48.9 Å². The number of likely N-dealkylation sites (tertiary alicyclic amines) is 2. The highest BCUT2D eigenvalue weighted by molar-refractivity contribution is 5.92. The third kappa shape index (κ3) is 8.53. The lowest BCUT2D eigenvalue weighted by atomic mass is 9.85. The Balaban J connectivity index is 1.10. The first-order valence-corrected chi connectivity index (χ1v) is 20.6. The zero-order valence-corrected chi connectivity index (χ0v) is 37.2. The van der Waals surface area contributed by atoms with Crippen molar-refractivity contribution < 1.29 is 46.2 Å². The maximum atomic E-state index is 14.6. The number of carbonyl (C=O) groups is 4. The molecule has 5 heterocycles. The number of amides is 4. The molecule has 2 aliphatic rings. The highest BCUT2D eigenvalue weighted by atomic mass is 19.3. The van der Waals surface area contributed by atoms with Gasteiger partial charge in [-0.15, -0.1) is 0 Å². The summed E-state index contributed by atoms with van der Waals surface area (Å²) in [6.45, 7) is 11.9. The van der Waals surface area contributed by atoms with Gasteiger partial charge in [0.2, 0.25) is 11.8 Å². The van der Waals surface area contributed by atoms with Gasteiger partial charge in [0.25, 0.3) is 11.8 Å². The fourth-order valence-corrected chi connectivity index (χ4v) is 8.52. The van der Waals surface area contributed by atoms with E-state index in [2.05, 4.69) is 30.6 Å². The van der Waals surface area contributed by atoms with Crippen molar-refractivity contribution in [3.63, 3.8) is 0 Å². The molecule has 2 aromatic carbocycles. The van der Waals surface area contributed by atoms with Crippen molar-refractivity contribution >= 4 is 46.1 Å². The lowest BCUT2D eigenvalue weighted by Crippen LogP contribution is -2.57. The number of imidazole rings is 2. The smallest absolute Gasteiger partial charge is 0.410 e. The fraction of sp³-hybridized carbons (Fsp3) is 0.500. The van der Waals surface area contributed by atoms with Gasteiger partial charge in [-0.1, -0.05) is 53.7 Å². The maximum absolute atomic E-state index is 14.6. The minimum absolute atomic E-state index is 0.388. The van der Waals surface area contributed by atoms with Gasteiger partial charge < -0.3 is 30.1 Å². The van der Waals surface area contributed by atoms with E-state index in [0.29, 0.717) is 56.2 Å². The third-order valence-corrected chi connectivity index (χ3v) is 12.0. The lowest BCUT2D eigenvalue weighted by Gasteiger charge is -2.36. The van der Waals surface area contributed by atoms with Gasteiger partial charge in [-0.3, -0.25) is 29.4 Å². The van der Waals surface area contributed by atoms with Gasteiger partial charge in [0.05, 0.1) is 85.2 Å². The Morgan fingerprint density at radius 3 is 1.33 bits per heavy atom. The number of fused-ring (bicyclic) bond motifs is 2. The molecule has 2 unspecified atom stereocenters. The summed E-state index contributed by atoms with van der Waals surface area (Å²) in [4.78, 5) is 79.4. The molecule has 64 heavy (non-hydrogen) atoms. The molecule has 0 aliphatic carbocycles. The quantitative estimate of drug-likeness (QED) is 0.112. The molecule has 2 saturated heterocycles. The van der Waals surface area contributed by atoms with Gasteiger partial charge in [0.15, 0.2) is 0 Å². The average molecular weight is 893 g/mol. The van der Waals surface area contributed by atoms with E-state index in [1.54, 1.807) is 24.5 Å². The number of H-pyrrole nitrogens is 2. The Bertz CT molecular complexity index is 2460. The van der Waals surface area contributed by atoms with Crippen LogP contribution in [0.4, 0.5) is 27.2 Å². The number of nitrogens with one attached hydrogen (secondary N) is 4. The predicted molar refractivity (Wildman–Crippen MR) is 227 cm³/mol. The topological polar surface area (TPSA) is 200 Å². The summed E-state index contributed by atoms with van der Waals surface area (Å²) in [6, 6.07) is 9.36. The van der Waals surface area contributed by atoms with E-state index in [9.17, 15) is 36.7 Å². The number of aromatic amines is 2. The summed E-state index contributed by atoms with van der Waals surface area (Å²) in [6.07, 6.45) is -0.542. The first-order valence-electron chi connectivity index (χ1n) is 20.6. The fourth-order valence-electron chi connectivity index (χ4n) is 8.52. The Hall–Kier alpha value is -6.34. The number of hydrogen-bond donors (Lipinski definition) is 4. The minimum Gasteiger partial charge on any atom is -0.453 e. The second-order valence-corrected chi connectivity index (χ2v) is 19.3. The number of rotatable bonds is 8. The van der Waals surface area contributed by atoms with Crippen LogP contribution in [0.5, 0.6) is 0 Å². The zero-order valence-electron chi connectivity index (χ0n) is 37.2. The van der Waals surface area contributed by atoms with Crippen LogP contribution in [0.25, 0.3) is 44.6 Å². The van der Waals surface area contributed by atoms with E-state index in [4.69, 9.17) is 19.4 Å². The number of aromatic nitrogens is 6. The van der Waals surface area contributed by atoms with Crippen molar-refractivity contribution in [2.24, 2.45) is 10.8 Å². The van der Waals surface area contributed by atoms with Gasteiger partial charge >= 0.3 is 12.2 Å². The largest absolute Gasteiger partial charge is 0.453 e. The van der Waals surface area contributed by atoms with Gasteiger partial charge in [-0.25, -0.2) is 37.1 Å². The van der Waals surface area contributed by atoms with E-state index in [0.717, 1.165) is 24.0 Å². The van der Waals surface area contributed by atoms with Crippen LogP contribution >= 0.6 is 0 Å². The highest BCUT2D eigenvalue weighted by Gasteiger charge is 2.60. The molecule has 2 fully saturated rings. The molecule has 2 aliphatic heterocycles. The normalized spacial score (nSPS) is 21.8. The molecule has 0 saturated carbocycles. The van der Waals surface area contributed by atoms with E-state index >= 15 is 0 Å². The van der Waals surface area contributed by atoms with Crippen LogP contribution in [-0.4, -0.2) is 114 Å². The third-order valence-electron chi connectivity index (χ3n) is 12.0. The highest BCUT2D eigenvalue weighted by Crippen LogP contribution is 2.43. The van der Waals surface area contributed by atoms with Crippen molar-refractivity contribution in [3.05, 3.63) is 60.4 Å². The summed E-state index contributed by atoms with van der Waals surface area (Å²) < 4.78 is 67.9. The Labute approximate surface area is 366 Å². The summed E-state index contributed by atoms with van der Waals surface area (Å²) in [5.41, 5.74) is -0.0943.